The fraction of sp³-hybridized carbons (Fsp3) is 0.509. The second-order valence-corrected chi connectivity index (χ2v) is 20.2. The van der Waals surface area contributed by atoms with Gasteiger partial charge in [-0.3, -0.25) is 14.2 Å². The van der Waals surface area contributed by atoms with Gasteiger partial charge in [0.05, 0.1) is 35.9 Å². The number of carbonyl (C=O) groups excluding carboxylic acids is 1. The van der Waals surface area contributed by atoms with Crippen LogP contribution in [0.25, 0.3) is 22.0 Å². The number of ether oxygens (including phenoxy) is 3. The molecule has 4 aliphatic rings. The minimum atomic E-state index is -0.252. The quantitative estimate of drug-likeness (QED) is 0.0963. The Labute approximate surface area is 435 Å². The normalized spacial score (nSPS) is 19.4. The van der Waals surface area contributed by atoms with Crippen LogP contribution in [0.1, 0.15) is 111 Å². The summed E-state index contributed by atoms with van der Waals surface area (Å²) >= 11 is 2.20. The Morgan fingerprint density at radius 1 is 0.866 bits per heavy atom. The van der Waals surface area contributed by atoms with E-state index in [0.29, 0.717) is 47.8 Å². The number of para-hydroxylation sites is 2. The van der Waals surface area contributed by atoms with Gasteiger partial charge in [-0.1, -0.05) is 121 Å². The number of halogens is 1. The molecular formula is C55H72IN4NaO6. The number of carbonyl (C=O) groups is 1. The molecule has 1 saturated carbocycles. The second kappa shape index (κ2) is 26.1. The number of nitrogens with zero attached hydrogens (tertiary/aromatic N) is 4. The van der Waals surface area contributed by atoms with Crippen LogP contribution in [0.15, 0.2) is 95.8 Å². The summed E-state index contributed by atoms with van der Waals surface area (Å²) in [5, 5.41) is 12.1. The number of amides is 1. The van der Waals surface area contributed by atoms with E-state index in [1.165, 1.54) is 36.1 Å². The molecule has 1 spiro atoms. The molecule has 356 valence electrons. The molecule has 10 nitrogen and oxygen atoms in total. The second-order valence-electron chi connectivity index (χ2n) is 18.9. The molecule has 4 heterocycles. The Morgan fingerprint density at radius 3 is 2.22 bits per heavy atom. The molecule has 1 saturated heterocycles. The summed E-state index contributed by atoms with van der Waals surface area (Å²) in [7, 11) is 0. The van der Waals surface area contributed by atoms with Crippen LogP contribution in [-0.4, -0.2) is 71.6 Å². The van der Waals surface area contributed by atoms with Crippen molar-refractivity contribution in [1.29, 1.82) is 0 Å². The number of hydrogen-bond donors (Lipinski definition) is 0. The number of benzene rings is 4. The van der Waals surface area contributed by atoms with Crippen molar-refractivity contribution in [2.24, 2.45) is 11.3 Å². The van der Waals surface area contributed by atoms with Gasteiger partial charge >= 0.3 is 29.6 Å². The van der Waals surface area contributed by atoms with Crippen LogP contribution >= 0.6 is 22.6 Å². The maximum Gasteiger partial charge on any atom is 1.00 e. The monoisotopic (exact) mass is 1030 g/mol. The molecular weight excluding hydrogens is 963 g/mol. The predicted molar refractivity (Wildman–Crippen MR) is 274 cm³/mol. The Bertz CT molecular complexity index is 2400. The molecule has 2 fully saturated rings. The molecule has 1 amide bonds. The van der Waals surface area contributed by atoms with Gasteiger partial charge in [0.15, 0.2) is 5.79 Å². The summed E-state index contributed by atoms with van der Waals surface area (Å²) < 4.78 is 20.8. The van der Waals surface area contributed by atoms with E-state index in [9.17, 15) is 14.7 Å². The molecule has 0 N–H and O–H groups in total. The van der Waals surface area contributed by atoms with E-state index < -0.39 is 0 Å². The first kappa shape index (κ1) is 54.6. The summed E-state index contributed by atoms with van der Waals surface area (Å²) in [5.74, 6) is 0.936. The first-order valence-corrected chi connectivity index (χ1v) is 25.5. The topological polar surface area (TPSA) is 109 Å². The largest absolute Gasteiger partial charge is 1.00 e. The van der Waals surface area contributed by atoms with E-state index in [0.717, 1.165) is 91.9 Å². The zero-order chi connectivity index (χ0) is 47.3. The average molecular weight is 1040 g/mol. The molecule has 0 bridgehead atoms. The van der Waals surface area contributed by atoms with Crippen LogP contribution in [0.2, 0.25) is 0 Å². The van der Waals surface area contributed by atoms with Crippen molar-refractivity contribution < 1.29 is 53.7 Å². The molecule has 12 heteroatoms. The number of aryl methyl sites for hydroxylation is 1. The van der Waals surface area contributed by atoms with Gasteiger partial charge in [0.1, 0.15) is 0 Å². The fourth-order valence-electron chi connectivity index (χ4n) is 9.46. The summed E-state index contributed by atoms with van der Waals surface area (Å²) in [6, 6.07) is 29.3. The van der Waals surface area contributed by atoms with Crippen LogP contribution < -0.4 is 49.9 Å². The number of hydrogen-bond acceptors (Lipinski definition) is 8. The van der Waals surface area contributed by atoms with Crippen molar-refractivity contribution in [3.8, 4) is 22.9 Å². The maximum atomic E-state index is 12.5. The number of aromatic nitrogens is 2. The Morgan fingerprint density at radius 2 is 1.57 bits per heavy atom. The first-order valence-electron chi connectivity index (χ1n) is 24.4. The SMILES string of the molecule is CCCN(CC)CC1COC2(CCC(C(C)(C)C)CC2)O1.CCCOc1nc2ccc(I)cc2c(=O)n1CCC.O=C1CCc2cccc3c2N1CC3.[Na+].[O-]c1ccccc1-c1ccccc1. The molecule has 0 radical (unpaired) electrons. The third-order valence-electron chi connectivity index (χ3n) is 13.1. The van der Waals surface area contributed by atoms with Gasteiger partial charge < -0.3 is 29.1 Å². The Kier molecular flexibility index (Phi) is 21.3. The summed E-state index contributed by atoms with van der Waals surface area (Å²) in [6.45, 7) is 21.8. The Balaban J connectivity index is 0.000000169. The van der Waals surface area contributed by atoms with Crippen molar-refractivity contribution >= 4 is 45.1 Å². The van der Waals surface area contributed by atoms with Gasteiger partial charge in [0, 0.05) is 42.5 Å². The van der Waals surface area contributed by atoms with Gasteiger partial charge in [0.25, 0.3) is 11.6 Å². The minimum absolute atomic E-state index is 0. The number of likely N-dealkylation sites (N-methyl/N-ethyl adjacent to an activating group) is 1. The van der Waals surface area contributed by atoms with Gasteiger partial charge in [-0.25, -0.2) is 0 Å². The molecule has 3 aliphatic heterocycles. The van der Waals surface area contributed by atoms with E-state index in [2.05, 4.69) is 85.3 Å². The number of anilines is 1. The molecule has 1 atom stereocenters. The number of fused-ring (bicyclic) bond motifs is 1. The van der Waals surface area contributed by atoms with Crippen LogP contribution in [0.3, 0.4) is 0 Å². The van der Waals surface area contributed by atoms with Gasteiger partial charge in [-0.15, -0.1) is 5.75 Å². The van der Waals surface area contributed by atoms with Crippen molar-refractivity contribution in [2.45, 2.75) is 131 Å². The third kappa shape index (κ3) is 14.6. The van der Waals surface area contributed by atoms with Crippen LogP contribution in [0, 0.1) is 14.9 Å². The smallest absolute Gasteiger partial charge is 0.872 e. The number of rotatable bonds is 11. The van der Waals surface area contributed by atoms with Crippen LogP contribution in [0.4, 0.5) is 5.69 Å². The molecule has 5 aromatic rings. The van der Waals surface area contributed by atoms with Crippen molar-refractivity contribution in [3.05, 3.63) is 116 Å². The molecule has 1 unspecified atom stereocenters. The van der Waals surface area contributed by atoms with Crippen LogP contribution in [-0.2, 0) is 33.7 Å². The van der Waals surface area contributed by atoms with E-state index in [4.69, 9.17) is 14.2 Å². The van der Waals surface area contributed by atoms with Gasteiger partial charge in [-0.2, -0.15) is 4.98 Å². The van der Waals surface area contributed by atoms with Crippen molar-refractivity contribution in [3.63, 3.8) is 0 Å². The van der Waals surface area contributed by atoms with E-state index >= 15 is 0 Å². The summed E-state index contributed by atoms with van der Waals surface area (Å²) in [5.41, 5.74) is 6.77. The predicted octanol–water partition coefficient (Wildman–Crippen LogP) is 8.22. The van der Waals surface area contributed by atoms with Gasteiger partial charge in [0.2, 0.25) is 5.91 Å². The maximum absolute atomic E-state index is 12.5. The van der Waals surface area contributed by atoms with Crippen LogP contribution in [0.5, 0.6) is 11.8 Å². The zero-order valence-corrected chi connectivity index (χ0v) is 45.6. The molecule has 9 rings (SSSR count). The van der Waals surface area contributed by atoms with E-state index in [1.807, 2.05) is 79.4 Å². The molecule has 1 aliphatic carbocycles. The van der Waals surface area contributed by atoms with Gasteiger partial charge in [-0.05, 0) is 132 Å². The minimum Gasteiger partial charge on any atom is -0.872 e. The Hall–Kier alpha value is -3.30. The fourth-order valence-corrected chi connectivity index (χ4v) is 9.95. The molecule has 1 aromatic heterocycles. The van der Waals surface area contributed by atoms with Crippen molar-refractivity contribution in [1.82, 2.24) is 14.5 Å². The van der Waals surface area contributed by atoms with E-state index in [-0.39, 0.29) is 52.8 Å². The molecule has 67 heavy (non-hydrogen) atoms. The third-order valence-corrected chi connectivity index (χ3v) is 13.7. The summed E-state index contributed by atoms with van der Waals surface area (Å²) in [6.07, 6.45) is 10.5. The zero-order valence-electron chi connectivity index (χ0n) is 41.5. The van der Waals surface area contributed by atoms with E-state index in [1.54, 1.807) is 16.7 Å². The average Bonchev–Trinajstić information content (AvgIpc) is 3.94. The molecule has 4 aromatic carbocycles. The van der Waals surface area contributed by atoms with Crippen molar-refractivity contribution in [2.75, 3.05) is 44.3 Å². The first-order chi connectivity index (χ1) is 31.8. The standard InChI is InChI=1S/C18H35NO2.C14H17IN2O2.C12H10O.C11H11NO.Na/c1-6-12-19(7-2)13-16-14-20-18(21-16)10-8-15(9-11-18)17(3,4)5;1-3-7-17-13(18)11-9-10(15)5-6-12(11)16-14(17)19-8-4-2;13-12-9-5-4-8-11(12)10-6-2-1-3-7-10;13-10-5-4-8-2-1-3-9-6-7-12(10)11(8)9;/h15-16H,6-14H2,1-5H3;5-6,9H,3-4,7-8H2,1-2H3;1-9,13H;1-3H,4-7H2;/q;;;;+1/p-1. The summed E-state index contributed by atoms with van der Waals surface area (Å²) in [4.78, 5) is 32.9.